The number of hydrogen-bond donors (Lipinski definition) is 1. The van der Waals surface area contributed by atoms with E-state index in [9.17, 15) is 4.79 Å². The zero-order valence-corrected chi connectivity index (χ0v) is 11.8. The maximum Gasteiger partial charge on any atom is 0.236 e. The van der Waals surface area contributed by atoms with Crippen molar-refractivity contribution in [3.63, 3.8) is 0 Å². The van der Waals surface area contributed by atoms with Gasteiger partial charge >= 0.3 is 0 Å². The zero-order chi connectivity index (χ0) is 13.8. The normalized spacial score (nSPS) is 16.2. The molecule has 19 heavy (non-hydrogen) atoms. The minimum Gasteiger partial charge on any atom is -0.396 e. The summed E-state index contributed by atoms with van der Waals surface area (Å²) in [6.45, 7) is 2.83. The Morgan fingerprint density at radius 2 is 2.26 bits per heavy atom. The van der Waals surface area contributed by atoms with Gasteiger partial charge in [0.25, 0.3) is 0 Å². The van der Waals surface area contributed by atoms with Crippen LogP contribution in [0.1, 0.15) is 5.56 Å². The Balaban J connectivity index is 1.79. The summed E-state index contributed by atoms with van der Waals surface area (Å²) in [5.41, 5.74) is 1.03. The predicted octanol–water partition coefficient (Wildman–Crippen LogP) is 1.22. The predicted molar refractivity (Wildman–Crippen MR) is 74.9 cm³/mol. The Morgan fingerprint density at radius 1 is 1.53 bits per heavy atom. The van der Waals surface area contributed by atoms with E-state index in [1.807, 2.05) is 24.3 Å². The molecular weight excluding hydrogens is 264 g/mol. The van der Waals surface area contributed by atoms with Crippen LogP contribution in [0.5, 0.6) is 0 Å². The molecule has 1 aliphatic heterocycles. The summed E-state index contributed by atoms with van der Waals surface area (Å²) in [7, 11) is 1.80. The van der Waals surface area contributed by atoms with Crippen molar-refractivity contribution in [2.75, 3.05) is 33.3 Å². The number of likely N-dealkylation sites (N-methyl/N-ethyl adjacent to an activating group) is 1. The van der Waals surface area contributed by atoms with E-state index in [0.717, 1.165) is 18.7 Å². The van der Waals surface area contributed by atoms with E-state index in [-0.39, 0.29) is 12.5 Å². The monoisotopic (exact) mass is 282 g/mol. The highest BCUT2D eigenvalue weighted by Crippen LogP contribution is 2.15. The third kappa shape index (κ3) is 3.93. The maximum atomic E-state index is 12.0. The Labute approximate surface area is 118 Å². The van der Waals surface area contributed by atoms with Gasteiger partial charge in [-0.1, -0.05) is 23.7 Å². The molecule has 1 fully saturated rings. The second-order valence-electron chi connectivity index (χ2n) is 5.12. The first kappa shape index (κ1) is 14.3. The number of halogens is 1. The summed E-state index contributed by atoms with van der Waals surface area (Å²) >= 11 is 5.92. The van der Waals surface area contributed by atoms with Gasteiger partial charge in [-0.3, -0.25) is 9.69 Å². The van der Waals surface area contributed by atoms with Gasteiger partial charge in [-0.25, -0.2) is 0 Å². The summed E-state index contributed by atoms with van der Waals surface area (Å²) in [5.74, 6) is 0.433. The lowest BCUT2D eigenvalue weighted by atomic mass is 10.0. The van der Waals surface area contributed by atoms with Crippen molar-refractivity contribution >= 4 is 17.5 Å². The fourth-order valence-electron chi connectivity index (χ4n) is 2.23. The Hall–Kier alpha value is -1.10. The lowest BCUT2D eigenvalue weighted by Crippen LogP contribution is -2.52. The van der Waals surface area contributed by atoms with Gasteiger partial charge < -0.3 is 10.0 Å². The molecule has 4 nitrogen and oxygen atoms in total. The molecule has 1 aromatic rings. The molecule has 2 rings (SSSR count). The second-order valence-corrected chi connectivity index (χ2v) is 5.56. The number of likely N-dealkylation sites (tertiary alicyclic amines) is 1. The average molecular weight is 283 g/mol. The Morgan fingerprint density at radius 3 is 2.89 bits per heavy atom. The van der Waals surface area contributed by atoms with Gasteiger partial charge in [-0.2, -0.15) is 0 Å². The van der Waals surface area contributed by atoms with Gasteiger partial charge in [-0.05, 0) is 17.7 Å². The van der Waals surface area contributed by atoms with Crippen LogP contribution in [0.15, 0.2) is 24.3 Å². The Bertz CT molecular complexity index is 447. The molecule has 0 bridgehead atoms. The first-order chi connectivity index (χ1) is 9.08. The van der Waals surface area contributed by atoms with Crippen molar-refractivity contribution < 1.29 is 9.90 Å². The van der Waals surface area contributed by atoms with E-state index in [0.29, 0.717) is 24.0 Å². The number of carbonyl (C=O) groups excluding carboxylic acids is 1. The first-order valence-corrected chi connectivity index (χ1v) is 6.78. The van der Waals surface area contributed by atoms with Crippen molar-refractivity contribution in [3.8, 4) is 0 Å². The van der Waals surface area contributed by atoms with E-state index in [4.69, 9.17) is 16.7 Å². The zero-order valence-electron chi connectivity index (χ0n) is 11.1. The smallest absolute Gasteiger partial charge is 0.236 e. The highest BCUT2D eigenvalue weighted by Gasteiger charge is 2.28. The van der Waals surface area contributed by atoms with Gasteiger partial charge in [0.2, 0.25) is 5.91 Å². The maximum absolute atomic E-state index is 12.0. The third-order valence-electron chi connectivity index (χ3n) is 3.38. The average Bonchev–Trinajstić information content (AvgIpc) is 2.32. The van der Waals surface area contributed by atoms with Gasteiger partial charge in [-0.15, -0.1) is 0 Å². The number of carbonyl (C=O) groups is 1. The van der Waals surface area contributed by atoms with Crippen molar-refractivity contribution in [1.82, 2.24) is 9.80 Å². The molecular formula is C14H19ClN2O2. The molecule has 1 saturated heterocycles. The number of benzene rings is 1. The molecule has 0 aromatic heterocycles. The van der Waals surface area contributed by atoms with Crippen LogP contribution >= 0.6 is 11.6 Å². The van der Waals surface area contributed by atoms with Crippen molar-refractivity contribution in [1.29, 1.82) is 0 Å². The minimum atomic E-state index is 0.0939. The molecule has 1 amide bonds. The molecule has 0 atom stereocenters. The van der Waals surface area contributed by atoms with Crippen LogP contribution in [0, 0.1) is 5.92 Å². The van der Waals surface area contributed by atoms with Gasteiger partial charge in [0.05, 0.1) is 6.54 Å². The van der Waals surface area contributed by atoms with Crippen LogP contribution < -0.4 is 0 Å². The number of rotatable bonds is 5. The lowest BCUT2D eigenvalue weighted by molar-refractivity contribution is -0.133. The van der Waals surface area contributed by atoms with E-state index in [1.54, 1.807) is 11.9 Å². The molecule has 1 aliphatic rings. The van der Waals surface area contributed by atoms with Gasteiger partial charge in [0, 0.05) is 44.2 Å². The molecule has 104 valence electrons. The molecule has 0 unspecified atom stereocenters. The number of aliphatic hydroxyl groups is 1. The highest BCUT2D eigenvalue weighted by atomic mass is 35.5. The quantitative estimate of drug-likeness (QED) is 0.883. The summed E-state index contributed by atoms with van der Waals surface area (Å²) in [6.07, 6.45) is 0. The molecule has 0 spiro atoms. The van der Waals surface area contributed by atoms with Crippen LogP contribution in [0.2, 0.25) is 5.02 Å². The van der Waals surface area contributed by atoms with Crippen LogP contribution in [0.3, 0.4) is 0 Å². The fraction of sp³-hybridized carbons (Fsp3) is 0.500. The molecule has 1 heterocycles. The molecule has 5 heteroatoms. The highest BCUT2D eigenvalue weighted by molar-refractivity contribution is 6.30. The fourth-order valence-corrected chi connectivity index (χ4v) is 2.44. The number of amides is 1. The Kier molecular flexibility index (Phi) is 4.80. The third-order valence-corrected chi connectivity index (χ3v) is 3.62. The largest absolute Gasteiger partial charge is 0.396 e. The van der Waals surface area contributed by atoms with Crippen molar-refractivity contribution in [3.05, 3.63) is 34.9 Å². The van der Waals surface area contributed by atoms with Crippen LogP contribution in [0.4, 0.5) is 0 Å². The molecule has 1 N–H and O–H groups in total. The first-order valence-electron chi connectivity index (χ1n) is 6.40. The molecule has 0 radical (unpaired) electrons. The summed E-state index contributed by atoms with van der Waals surface area (Å²) < 4.78 is 0. The standard InChI is InChI=1S/C14H19ClN2O2/c1-16(6-11-3-2-4-13(15)5-11)14(19)9-17-7-12(8-17)10-18/h2-5,12,18H,6-10H2,1H3. The van der Waals surface area contributed by atoms with Gasteiger partial charge in [0.1, 0.15) is 0 Å². The number of aliphatic hydroxyl groups excluding tert-OH is 1. The van der Waals surface area contributed by atoms with Crippen LogP contribution in [-0.2, 0) is 11.3 Å². The number of hydrogen-bond acceptors (Lipinski definition) is 3. The summed E-state index contributed by atoms with van der Waals surface area (Å²) in [4.78, 5) is 15.8. The summed E-state index contributed by atoms with van der Waals surface area (Å²) in [6, 6.07) is 7.54. The van der Waals surface area contributed by atoms with E-state index in [2.05, 4.69) is 4.90 Å². The molecule has 0 saturated carbocycles. The molecule has 0 aliphatic carbocycles. The van der Waals surface area contributed by atoms with E-state index < -0.39 is 0 Å². The van der Waals surface area contributed by atoms with Crippen molar-refractivity contribution in [2.45, 2.75) is 6.54 Å². The SMILES string of the molecule is CN(Cc1cccc(Cl)c1)C(=O)CN1CC(CO)C1. The summed E-state index contributed by atoms with van der Waals surface area (Å²) in [5, 5.41) is 9.62. The van der Waals surface area contributed by atoms with Crippen LogP contribution in [-0.4, -0.2) is 54.1 Å². The second kappa shape index (κ2) is 6.37. The molecule has 1 aromatic carbocycles. The van der Waals surface area contributed by atoms with Crippen LogP contribution in [0.25, 0.3) is 0 Å². The van der Waals surface area contributed by atoms with E-state index in [1.165, 1.54) is 0 Å². The minimum absolute atomic E-state index is 0.0939. The lowest BCUT2D eigenvalue weighted by Gasteiger charge is -2.38. The van der Waals surface area contributed by atoms with Crippen molar-refractivity contribution in [2.24, 2.45) is 5.92 Å². The van der Waals surface area contributed by atoms with Gasteiger partial charge in [0.15, 0.2) is 0 Å². The number of nitrogens with zero attached hydrogens (tertiary/aromatic N) is 2. The topological polar surface area (TPSA) is 43.8 Å². The van der Waals surface area contributed by atoms with E-state index >= 15 is 0 Å².